The molecule has 2 aliphatic rings. The van der Waals surface area contributed by atoms with Gasteiger partial charge in [0.05, 0.1) is 24.4 Å². The number of fused-ring (bicyclic) bond motifs is 1. The van der Waals surface area contributed by atoms with Gasteiger partial charge in [0.15, 0.2) is 0 Å². The van der Waals surface area contributed by atoms with E-state index in [1.54, 1.807) is 24.4 Å². The van der Waals surface area contributed by atoms with Gasteiger partial charge in [0.25, 0.3) is 21.8 Å². The third-order valence-electron chi connectivity index (χ3n) is 5.84. The number of nitrogens with zero attached hydrogens (tertiary/aromatic N) is 4. The molecule has 2 unspecified atom stereocenters. The number of amides is 1. The van der Waals surface area contributed by atoms with Gasteiger partial charge in [-0.25, -0.2) is 0 Å². The van der Waals surface area contributed by atoms with E-state index in [0.29, 0.717) is 25.9 Å². The molecule has 4 rings (SSSR count). The molecule has 2 aromatic rings. The van der Waals surface area contributed by atoms with Gasteiger partial charge in [0.1, 0.15) is 6.34 Å². The van der Waals surface area contributed by atoms with Crippen molar-refractivity contribution in [3.63, 3.8) is 0 Å². The summed E-state index contributed by atoms with van der Waals surface area (Å²) in [7, 11) is -3.62. The van der Waals surface area contributed by atoms with Gasteiger partial charge >= 0.3 is 0 Å². The molecular weight excluding hydrogens is 456 g/mol. The Morgan fingerprint density at radius 2 is 2.24 bits per heavy atom. The highest BCUT2D eigenvalue weighted by atomic mass is 32.2. The summed E-state index contributed by atoms with van der Waals surface area (Å²) in [6, 6.07) is 9.69. The van der Waals surface area contributed by atoms with Crippen LogP contribution < -0.4 is 10.7 Å². The van der Waals surface area contributed by atoms with Gasteiger partial charge in [0.2, 0.25) is 0 Å². The highest BCUT2D eigenvalue weighted by Crippen LogP contribution is 2.27. The van der Waals surface area contributed by atoms with Crippen LogP contribution in [0.15, 0.2) is 41.6 Å². The number of rotatable bonds is 7. The molecule has 2 aliphatic heterocycles. The van der Waals surface area contributed by atoms with Gasteiger partial charge in [-0.05, 0) is 43.5 Å². The minimum absolute atomic E-state index is 0.245. The Morgan fingerprint density at radius 1 is 1.38 bits per heavy atom. The van der Waals surface area contributed by atoms with Crippen LogP contribution in [-0.4, -0.2) is 73.2 Å². The minimum atomic E-state index is -3.62. The minimum Gasteiger partial charge on any atom is -0.347 e. The SMILES string of the molecule is CC#CCN1C=NNC1(C(=O)NCc1ccc2ncccc2c1)N1CCCC(OS(C)(=O)=O)C1. The number of aromatic nitrogens is 1. The molecule has 0 aliphatic carbocycles. The summed E-state index contributed by atoms with van der Waals surface area (Å²) in [5, 5.41) is 8.19. The first-order valence-corrected chi connectivity index (χ1v) is 12.9. The van der Waals surface area contributed by atoms with Crippen LogP contribution in [0.2, 0.25) is 0 Å². The fourth-order valence-electron chi connectivity index (χ4n) is 4.33. The van der Waals surface area contributed by atoms with Crippen molar-refractivity contribution in [3.05, 3.63) is 42.1 Å². The Labute approximate surface area is 199 Å². The van der Waals surface area contributed by atoms with Crippen molar-refractivity contribution in [1.82, 2.24) is 25.5 Å². The lowest BCUT2D eigenvalue weighted by Crippen LogP contribution is -2.73. The van der Waals surface area contributed by atoms with Crippen LogP contribution in [0.5, 0.6) is 0 Å². The molecule has 1 fully saturated rings. The third kappa shape index (κ3) is 5.14. The Bertz CT molecular complexity index is 1250. The lowest BCUT2D eigenvalue weighted by molar-refractivity contribution is -0.149. The van der Waals surface area contributed by atoms with E-state index in [0.717, 1.165) is 22.7 Å². The number of hydrogen-bond donors (Lipinski definition) is 2. The van der Waals surface area contributed by atoms with Crippen LogP contribution in [-0.2, 0) is 25.6 Å². The number of carbonyl (C=O) groups is 1. The summed E-state index contributed by atoms with van der Waals surface area (Å²) in [5.74, 6) is 4.18. The second kappa shape index (κ2) is 9.97. The average Bonchev–Trinajstić information content (AvgIpc) is 3.25. The molecule has 3 heterocycles. The Hall–Kier alpha value is -3.20. The zero-order valence-corrected chi connectivity index (χ0v) is 20.0. The van der Waals surface area contributed by atoms with Crippen LogP contribution in [0, 0.1) is 11.8 Å². The fourth-order valence-corrected chi connectivity index (χ4v) is 4.98. The fraction of sp³-hybridized carbons (Fsp3) is 0.435. The van der Waals surface area contributed by atoms with E-state index in [-0.39, 0.29) is 19.0 Å². The summed E-state index contributed by atoms with van der Waals surface area (Å²) in [5.41, 5.74) is 4.79. The topological polar surface area (TPSA) is 116 Å². The van der Waals surface area contributed by atoms with Crippen LogP contribution in [0.25, 0.3) is 10.9 Å². The molecule has 180 valence electrons. The van der Waals surface area contributed by atoms with E-state index >= 15 is 0 Å². The Morgan fingerprint density at radius 3 is 3.03 bits per heavy atom. The molecule has 1 aromatic heterocycles. The number of hydrogen-bond acceptors (Lipinski definition) is 9. The summed E-state index contributed by atoms with van der Waals surface area (Å²) in [6.07, 6.45) is 5.03. The number of benzene rings is 1. The molecule has 0 saturated carbocycles. The standard InChI is InChI=1S/C23H28N6O4S/c1-3-4-12-29-17-26-27-23(29,28-13-6-8-20(16-28)33-34(2,31)32)22(30)25-15-18-9-10-21-19(14-18)7-5-11-24-21/h5,7,9-11,14,17,20,27H,6,8,12-13,15-16H2,1-2H3,(H,25,30). The first kappa shape index (κ1) is 23.9. The summed E-state index contributed by atoms with van der Waals surface area (Å²) < 4.78 is 28.7. The zero-order valence-electron chi connectivity index (χ0n) is 19.2. The van der Waals surface area contributed by atoms with Crippen LogP contribution in [0.3, 0.4) is 0 Å². The van der Waals surface area contributed by atoms with Crippen LogP contribution >= 0.6 is 0 Å². The number of hydrazone groups is 1. The maximum absolute atomic E-state index is 13.7. The van der Waals surface area contributed by atoms with Gasteiger partial charge in [-0.1, -0.05) is 18.1 Å². The molecule has 10 nitrogen and oxygen atoms in total. The molecule has 2 N–H and O–H groups in total. The van der Waals surface area contributed by atoms with Gasteiger partial charge in [0, 0.05) is 31.2 Å². The molecule has 1 aromatic carbocycles. The van der Waals surface area contributed by atoms with E-state index in [4.69, 9.17) is 4.18 Å². The van der Waals surface area contributed by atoms with Gasteiger partial charge < -0.3 is 10.2 Å². The quantitative estimate of drug-likeness (QED) is 0.438. The Balaban J connectivity index is 1.57. The van der Waals surface area contributed by atoms with Gasteiger partial charge in [-0.2, -0.15) is 13.5 Å². The van der Waals surface area contributed by atoms with Gasteiger partial charge in [-0.15, -0.1) is 5.92 Å². The van der Waals surface area contributed by atoms with Crippen molar-refractivity contribution in [2.75, 3.05) is 25.9 Å². The normalized spacial score (nSPS) is 22.8. The largest absolute Gasteiger partial charge is 0.347 e. The Kier molecular flexibility index (Phi) is 7.02. The molecule has 34 heavy (non-hydrogen) atoms. The lowest BCUT2D eigenvalue weighted by atomic mass is 10.0. The molecule has 0 bridgehead atoms. The third-order valence-corrected chi connectivity index (χ3v) is 6.46. The zero-order chi connectivity index (χ0) is 24.2. The number of piperidine rings is 1. The molecule has 0 spiro atoms. The molecule has 1 saturated heterocycles. The van der Waals surface area contributed by atoms with Crippen molar-refractivity contribution in [2.45, 2.75) is 38.2 Å². The monoisotopic (exact) mass is 484 g/mol. The molecule has 11 heteroatoms. The molecule has 1 amide bonds. The second-order valence-corrected chi connectivity index (χ2v) is 9.91. The van der Waals surface area contributed by atoms with Crippen LogP contribution in [0.4, 0.5) is 0 Å². The van der Waals surface area contributed by atoms with Crippen molar-refractivity contribution in [2.24, 2.45) is 5.10 Å². The summed E-state index contributed by atoms with van der Waals surface area (Å²) in [4.78, 5) is 21.6. The lowest BCUT2D eigenvalue weighted by Gasteiger charge is -2.46. The van der Waals surface area contributed by atoms with E-state index in [9.17, 15) is 13.2 Å². The van der Waals surface area contributed by atoms with E-state index in [1.165, 1.54) is 0 Å². The number of nitrogens with one attached hydrogen (secondary N) is 2. The van der Waals surface area contributed by atoms with E-state index < -0.39 is 22.0 Å². The summed E-state index contributed by atoms with van der Waals surface area (Å²) in [6.45, 7) is 3.11. The maximum Gasteiger partial charge on any atom is 0.284 e. The molecule has 2 atom stereocenters. The number of carbonyl (C=O) groups excluding carboxylic acids is 1. The first-order valence-electron chi connectivity index (χ1n) is 11.0. The second-order valence-electron chi connectivity index (χ2n) is 8.31. The van der Waals surface area contributed by atoms with Crippen molar-refractivity contribution in [1.29, 1.82) is 0 Å². The number of pyridine rings is 1. The summed E-state index contributed by atoms with van der Waals surface area (Å²) >= 11 is 0. The maximum atomic E-state index is 13.7. The van der Waals surface area contributed by atoms with E-state index in [1.807, 2.05) is 35.2 Å². The highest BCUT2D eigenvalue weighted by Gasteiger charge is 2.52. The average molecular weight is 485 g/mol. The predicted molar refractivity (Wildman–Crippen MR) is 129 cm³/mol. The van der Waals surface area contributed by atoms with Crippen LogP contribution in [0.1, 0.15) is 25.3 Å². The number of likely N-dealkylation sites (tertiary alicyclic amines) is 1. The predicted octanol–water partition coefficient (Wildman–Crippen LogP) is 0.817. The van der Waals surface area contributed by atoms with Gasteiger partial charge in [-0.3, -0.25) is 24.3 Å². The van der Waals surface area contributed by atoms with Crippen molar-refractivity contribution >= 4 is 33.3 Å². The first-order chi connectivity index (χ1) is 16.3. The smallest absolute Gasteiger partial charge is 0.284 e. The van der Waals surface area contributed by atoms with E-state index in [2.05, 4.69) is 32.7 Å². The van der Waals surface area contributed by atoms with Crippen molar-refractivity contribution < 1.29 is 17.4 Å². The highest BCUT2D eigenvalue weighted by molar-refractivity contribution is 7.86. The molecule has 0 radical (unpaired) electrons. The van der Waals surface area contributed by atoms with Crippen molar-refractivity contribution in [3.8, 4) is 11.8 Å². The molecular formula is C23H28N6O4S.